The predicted octanol–water partition coefficient (Wildman–Crippen LogP) is 2.53. The van der Waals surface area contributed by atoms with E-state index in [9.17, 15) is 4.79 Å². The number of carbonyl (C=O) groups excluding carboxylic acids is 1. The highest BCUT2D eigenvalue weighted by molar-refractivity contribution is 5.99. The number of nitrogens with two attached hydrogens (primary N) is 1. The number of anilines is 1. The number of rotatable bonds is 5. The molecule has 16 heavy (non-hydrogen) atoms. The number of carbonyl (C=O) groups is 1. The molecule has 1 aromatic rings. The summed E-state index contributed by atoms with van der Waals surface area (Å²) in [6.45, 7) is 5.65. The molecule has 1 rings (SSSR count). The number of unbranched alkanes of at least 4 members (excludes halogenated alkanes) is 1. The third-order valence-corrected chi connectivity index (χ3v) is 2.64. The van der Waals surface area contributed by atoms with Gasteiger partial charge in [-0.05, 0) is 25.5 Å². The summed E-state index contributed by atoms with van der Waals surface area (Å²) in [5.41, 5.74) is 6.96. The van der Waals surface area contributed by atoms with E-state index in [-0.39, 0.29) is 5.91 Å². The summed E-state index contributed by atoms with van der Waals surface area (Å²) >= 11 is 0. The van der Waals surface area contributed by atoms with Gasteiger partial charge in [-0.3, -0.25) is 4.79 Å². The van der Waals surface area contributed by atoms with Crippen molar-refractivity contribution in [1.82, 2.24) is 4.90 Å². The Bertz CT molecular complexity index is 350. The van der Waals surface area contributed by atoms with E-state index in [1.54, 1.807) is 12.1 Å². The third-order valence-electron chi connectivity index (χ3n) is 2.64. The molecule has 0 radical (unpaired) electrons. The van der Waals surface area contributed by atoms with Crippen molar-refractivity contribution in [2.75, 3.05) is 18.8 Å². The van der Waals surface area contributed by atoms with Gasteiger partial charge in [0.15, 0.2) is 0 Å². The second kappa shape index (κ2) is 6.16. The lowest BCUT2D eigenvalue weighted by atomic mass is 10.1. The minimum atomic E-state index is 0.0362. The van der Waals surface area contributed by atoms with Gasteiger partial charge in [-0.2, -0.15) is 0 Å². The van der Waals surface area contributed by atoms with Gasteiger partial charge in [-0.1, -0.05) is 25.5 Å². The molecule has 0 saturated heterocycles. The van der Waals surface area contributed by atoms with Crippen molar-refractivity contribution in [2.24, 2.45) is 0 Å². The third kappa shape index (κ3) is 2.99. The smallest absolute Gasteiger partial charge is 0.255 e. The summed E-state index contributed by atoms with van der Waals surface area (Å²) in [5, 5.41) is 0. The van der Waals surface area contributed by atoms with Crippen molar-refractivity contribution in [3.8, 4) is 0 Å². The highest BCUT2D eigenvalue weighted by Crippen LogP contribution is 2.13. The van der Waals surface area contributed by atoms with Gasteiger partial charge >= 0.3 is 0 Å². The predicted molar refractivity (Wildman–Crippen MR) is 67.3 cm³/mol. The molecule has 1 aromatic carbocycles. The molecule has 0 heterocycles. The largest absolute Gasteiger partial charge is 0.398 e. The molecule has 0 aromatic heterocycles. The highest BCUT2D eigenvalue weighted by Gasteiger charge is 2.15. The molecule has 1 amide bonds. The number of amides is 1. The van der Waals surface area contributed by atoms with Crippen LogP contribution >= 0.6 is 0 Å². The van der Waals surface area contributed by atoms with Gasteiger partial charge in [0.2, 0.25) is 0 Å². The monoisotopic (exact) mass is 220 g/mol. The number of para-hydroxylation sites is 1. The van der Waals surface area contributed by atoms with Crippen molar-refractivity contribution in [3.63, 3.8) is 0 Å². The number of nitrogen functional groups attached to an aromatic ring is 1. The standard InChI is InChI=1S/C13H20N2O/c1-3-5-10-15(4-2)13(16)11-8-6-7-9-12(11)14/h6-9H,3-5,10,14H2,1-2H3. The molecule has 0 aliphatic carbocycles. The Morgan fingerprint density at radius 3 is 2.56 bits per heavy atom. The quantitative estimate of drug-likeness (QED) is 0.775. The summed E-state index contributed by atoms with van der Waals surface area (Å²) in [5.74, 6) is 0.0362. The maximum Gasteiger partial charge on any atom is 0.255 e. The van der Waals surface area contributed by atoms with E-state index in [4.69, 9.17) is 5.73 Å². The Morgan fingerprint density at radius 1 is 1.31 bits per heavy atom. The lowest BCUT2D eigenvalue weighted by Crippen LogP contribution is -2.32. The van der Waals surface area contributed by atoms with Crippen LogP contribution in [0.15, 0.2) is 24.3 Å². The highest BCUT2D eigenvalue weighted by atomic mass is 16.2. The van der Waals surface area contributed by atoms with Crippen LogP contribution < -0.4 is 5.73 Å². The molecular formula is C13H20N2O. The number of hydrogen-bond donors (Lipinski definition) is 1. The molecule has 0 saturated carbocycles. The topological polar surface area (TPSA) is 46.3 Å². The maximum atomic E-state index is 12.1. The minimum Gasteiger partial charge on any atom is -0.398 e. The first kappa shape index (κ1) is 12.6. The Balaban J connectivity index is 2.79. The van der Waals surface area contributed by atoms with Crippen LogP contribution in [0, 0.1) is 0 Å². The number of hydrogen-bond acceptors (Lipinski definition) is 2. The number of benzene rings is 1. The van der Waals surface area contributed by atoms with Crippen molar-refractivity contribution >= 4 is 11.6 Å². The first-order valence-electron chi connectivity index (χ1n) is 5.84. The molecule has 0 aliphatic rings. The normalized spacial score (nSPS) is 10.1. The Hall–Kier alpha value is -1.51. The Labute approximate surface area is 97.2 Å². The van der Waals surface area contributed by atoms with Crippen LogP contribution in [-0.2, 0) is 0 Å². The van der Waals surface area contributed by atoms with Gasteiger partial charge in [0.25, 0.3) is 5.91 Å². The zero-order valence-electron chi connectivity index (χ0n) is 10.1. The lowest BCUT2D eigenvalue weighted by molar-refractivity contribution is 0.0763. The van der Waals surface area contributed by atoms with Crippen LogP contribution in [0.4, 0.5) is 5.69 Å². The van der Waals surface area contributed by atoms with Gasteiger partial charge in [-0.25, -0.2) is 0 Å². The summed E-state index contributed by atoms with van der Waals surface area (Å²) in [4.78, 5) is 14.0. The van der Waals surface area contributed by atoms with Crippen LogP contribution in [0.25, 0.3) is 0 Å². The fourth-order valence-corrected chi connectivity index (χ4v) is 1.61. The molecule has 3 nitrogen and oxygen atoms in total. The Kier molecular flexibility index (Phi) is 4.83. The van der Waals surface area contributed by atoms with Crippen molar-refractivity contribution in [3.05, 3.63) is 29.8 Å². The SMILES string of the molecule is CCCCN(CC)C(=O)c1ccccc1N. The van der Waals surface area contributed by atoms with E-state index < -0.39 is 0 Å². The second-order valence-electron chi connectivity index (χ2n) is 3.83. The molecular weight excluding hydrogens is 200 g/mol. The van der Waals surface area contributed by atoms with Gasteiger partial charge in [0, 0.05) is 18.8 Å². The van der Waals surface area contributed by atoms with Gasteiger partial charge in [0.1, 0.15) is 0 Å². The van der Waals surface area contributed by atoms with Gasteiger partial charge in [0.05, 0.1) is 5.56 Å². The summed E-state index contributed by atoms with van der Waals surface area (Å²) in [7, 11) is 0. The van der Waals surface area contributed by atoms with E-state index in [1.165, 1.54) is 0 Å². The minimum absolute atomic E-state index is 0.0362. The average Bonchev–Trinajstić information content (AvgIpc) is 2.30. The number of nitrogens with zero attached hydrogens (tertiary/aromatic N) is 1. The molecule has 2 N–H and O–H groups in total. The maximum absolute atomic E-state index is 12.1. The first-order chi connectivity index (χ1) is 7.70. The molecule has 0 unspecified atom stereocenters. The van der Waals surface area contributed by atoms with Crippen LogP contribution in [0.1, 0.15) is 37.0 Å². The molecule has 0 bridgehead atoms. The van der Waals surface area contributed by atoms with E-state index in [2.05, 4.69) is 6.92 Å². The zero-order chi connectivity index (χ0) is 12.0. The average molecular weight is 220 g/mol. The lowest BCUT2D eigenvalue weighted by Gasteiger charge is -2.21. The second-order valence-corrected chi connectivity index (χ2v) is 3.83. The van der Waals surface area contributed by atoms with E-state index in [0.29, 0.717) is 11.3 Å². The van der Waals surface area contributed by atoms with Crippen LogP contribution in [0.5, 0.6) is 0 Å². The molecule has 0 fully saturated rings. The molecule has 0 spiro atoms. The van der Waals surface area contributed by atoms with E-state index in [0.717, 1.165) is 25.9 Å². The zero-order valence-corrected chi connectivity index (χ0v) is 10.1. The Morgan fingerprint density at radius 2 is 2.00 bits per heavy atom. The van der Waals surface area contributed by atoms with Crippen LogP contribution in [0.3, 0.4) is 0 Å². The van der Waals surface area contributed by atoms with E-state index in [1.807, 2.05) is 24.0 Å². The molecule has 88 valence electrons. The van der Waals surface area contributed by atoms with Crippen molar-refractivity contribution < 1.29 is 4.79 Å². The van der Waals surface area contributed by atoms with Crippen LogP contribution in [0.2, 0.25) is 0 Å². The van der Waals surface area contributed by atoms with Crippen LogP contribution in [-0.4, -0.2) is 23.9 Å². The molecule has 0 atom stereocenters. The first-order valence-corrected chi connectivity index (χ1v) is 5.84. The fourth-order valence-electron chi connectivity index (χ4n) is 1.61. The van der Waals surface area contributed by atoms with E-state index >= 15 is 0 Å². The molecule has 0 aliphatic heterocycles. The summed E-state index contributed by atoms with van der Waals surface area (Å²) in [6.07, 6.45) is 2.13. The van der Waals surface area contributed by atoms with Crippen molar-refractivity contribution in [2.45, 2.75) is 26.7 Å². The summed E-state index contributed by atoms with van der Waals surface area (Å²) < 4.78 is 0. The fraction of sp³-hybridized carbons (Fsp3) is 0.462. The molecule has 3 heteroatoms. The van der Waals surface area contributed by atoms with Gasteiger partial charge < -0.3 is 10.6 Å². The summed E-state index contributed by atoms with van der Waals surface area (Å²) in [6, 6.07) is 7.23. The van der Waals surface area contributed by atoms with Gasteiger partial charge in [-0.15, -0.1) is 0 Å². The van der Waals surface area contributed by atoms with Crippen molar-refractivity contribution in [1.29, 1.82) is 0 Å².